The highest BCUT2D eigenvalue weighted by Gasteiger charge is 2.48. The lowest BCUT2D eigenvalue weighted by Crippen LogP contribution is -2.31. The molecular weight excluding hydrogens is 404 g/mol. The van der Waals surface area contributed by atoms with E-state index >= 15 is 0 Å². The molecular formula is C26H28N2O4. The van der Waals surface area contributed by atoms with Gasteiger partial charge in [-0.25, -0.2) is 0 Å². The highest BCUT2D eigenvalue weighted by Crippen LogP contribution is 2.38. The Balaban J connectivity index is 1.26. The standard InChI is InChI=1S/C26H28N2O4/c1-15-3-9-19-21(11-15)25(31)27(23(19)29)13-17-5-7-18(8-6-17)14-28-24(30)20-10-4-16(2)12-22(20)26(28)32/h5-8,11-12,19-22H,3-4,9-10,13-14H2,1-2H3. The van der Waals surface area contributed by atoms with Gasteiger partial charge >= 0.3 is 0 Å². The highest BCUT2D eigenvalue weighted by atomic mass is 16.2. The monoisotopic (exact) mass is 432 g/mol. The number of fused-ring (bicyclic) bond motifs is 2. The topological polar surface area (TPSA) is 74.8 Å². The van der Waals surface area contributed by atoms with Gasteiger partial charge in [0.1, 0.15) is 0 Å². The lowest BCUT2D eigenvalue weighted by atomic mass is 9.83. The Labute approximate surface area is 187 Å². The van der Waals surface area contributed by atoms with Crippen LogP contribution in [0.25, 0.3) is 0 Å². The number of nitrogens with zero attached hydrogens (tertiary/aromatic N) is 2. The van der Waals surface area contributed by atoms with E-state index in [0.717, 1.165) is 36.8 Å². The van der Waals surface area contributed by atoms with Crippen LogP contribution in [0.1, 0.15) is 50.7 Å². The van der Waals surface area contributed by atoms with Crippen LogP contribution in [0.3, 0.4) is 0 Å². The lowest BCUT2D eigenvalue weighted by molar-refractivity contribution is -0.142. The smallest absolute Gasteiger partial charge is 0.237 e. The van der Waals surface area contributed by atoms with Crippen molar-refractivity contribution in [2.45, 2.75) is 52.6 Å². The summed E-state index contributed by atoms with van der Waals surface area (Å²) in [7, 11) is 0. The summed E-state index contributed by atoms with van der Waals surface area (Å²) in [6.45, 7) is 4.54. The van der Waals surface area contributed by atoms with E-state index in [0.29, 0.717) is 0 Å². The van der Waals surface area contributed by atoms with E-state index in [1.807, 2.05) is 50.3 Å². The van der Waals surface area contributed by atoms with Crippen LogP contribution in [0, 0.1) is 23.7 Å². The normalized spacial score (nSPS) is 29.8. The first-order chi connectivity index (χ1) is 15.3. The second-order valence-electron chi connectivity index (χ2n) is 9.71. The molecule has 0 saturated carbocycles. The number of hydrogen-bond donors (Lipinski definition) is 0. The summed E-state index contributed by atoms with van der Waals surface area (Å²) in [6.07, 6.45) is 7.12. The molecule has 2 fully saturated rings. The van der Waals surface area contributed by atoms with Gasteiger partial charge in [0.05, 0.1) is 36.8 Å². The van der Waals surface area contributed by atoms with Gasteiger partial charge < -0.3 is 0 Å². The molecule has 2 saturated heterocycles. The second-order valence-corrected chi connectivity index (χ2v) is 9.71. The number of allylic oxidation sites excluding steroid dienone is 2. The molecule has 4 atom stereocenters. The Morgan fingerprint density at radius 2 is 1.03 bits per heavy atom. The molecule has 0 N–H and O–H groups in total. The van der Waals surface area contributed by atoms with Crippen LogP contribution in [0.4, 0.5) is 0 Å². The summed E-state index contributed by atoms with van der Waals surface area (Å²) < 4.78 is 0. The molecule has 166 valence electrons. The summed E-state index contributed by atoms with van der Waals surface area (Å²) in [6, 6.07) is 7.50. The summed E-state index contributed by atoms with van der Waals surface area (Å²) in [5.74, 6) is -1.45. The van der Waals surface area contributed by atoms with E-state index in [1.54, 1.807) is 0 Å². The molecule has 0 spiro atoms. The van der Waals surface area contributed by atoms with E-state index in [4.69, 9.17) is 0 Å². The van der Waals surface area contributed by atoms with E-state index in [-0.39, 0.29) is 60.4 Å². The number of imide groups is 2. The van der Waals surface area contributed by atoms with Crippen molar-refractivity contribution in [3.8, 4) is 0 Å². The minimum absolute atomic E-state index is 0.0768. The van der Waals surface area contributed by atoms with Gasteiger partial charge in [0.2, 0.25) is 23.6 Å². The molecule has 6 heteroatoms. The van der Waals surface area contributed by atoms with Crippen LogP contribution in [-0.4, -0.2) is 33.4 Å². The zero-order valence-corrected chi connectivity index (χ0v) is 18.5. The molecule has 4 amide bonds. The molecule has 32 heavy (non-hydrogen) atoms. The predicted molar refractivity (Wildman–Crippen MR) is 117 cm³/mol. The molecule has 6 nitrogen and oxygen atoms in total. The van der Waals surface area contributed by atoms with Crippen molar-refractivity contribution in [1.29, 1.82) is 0 Å². The zero-order valence-electron chi connectivity index (χ0n) is 18.5. The minimum atomic E-state index is -0.316. The van der Waals surface area contributed by atoms with Gasteiger partial charge in [-0.1, -0.05) is 47.6 Å². The Morgan fingerprint density at radius 3 is 1.41 bits per heavy atom. The Kier molecular flexibility index (Phi) is 5.11. The molecule has 0 aromatic heterocycles. The maximum Gasteiger partial charge on any atom is 0.237 e. The molecule has 2 heterocycles. The van der Waals surface area contributed by atoms with Crippen molar-refractivity contribution in [2.24, 2.45) is 23.7 Å². The summed E-state index contributed by atoms with van der Waals surface area (Å²) >= 11 is 0. The fourth-order valence-corrected chi connectivity index (χ4v) is 5.58. The number of benzene rings is 1. The third-order valence-corrected chi connectivity index (χ3v) is 7.47. The Morgan fingerprint density at radius 1 is 0.656 bits per heavy atom. The van der Waals surface area contributed by atoms with E-state index < -0.39 is 0 Å². The van der Waals surface area contributed by atoms with Crippen LogP contribution < -0.4 is 0 Å². The van der Waals surface area contributed by atoms with E-state index in [2.05, 4.69) is 0 Å². The van der Waals surface area contributed by atoms with Crippen LogP contribution >= 0.6 is 0 Å². The summed E-state index contributed by atoms with van der Waals surface area (Å²) in [4.78, 5) is 53.9. The van der Waals surface area contributed by atoms with Crippen LogP contribution in [0.15, 0.2) is 47.6 Å². The molecule has 4 unspecified atom stereocenters. The van der Waals surface area contributed by atoms with Crippen LogP contribution in [0.5, 0.6) is 0 Å². The number of rotatable bonds is 4. The number of carbonyl (C=O) groups is 4. The molecule has 1 aromatic rings. The molecule has 4 aliphatic rings. The SMILES string of the molecule is CC1=CC2C(=O)N(Cc3ccc(CN4C(=O)C5C=C(C)CCC5C4=O)cc3)C(=O)C2CC1. The second kappa shape index (κ2) is 7.84. The van der Waals surface area contributed by atoms with E-state index in [1.165, 1.54) is 20.9 Å². The quantitative estimate of drug-likeness (QED) is 0.540. The summed E-state index contributed by atoms with van der Waals surface area (Å²) in [5, 5.41) is 0. The molecule has 0 bridgehead atoms. The van der Waals surface area contributed by atoms with Gasteiger partial charge in [-0.3, -0.25) is 29.0 Å². The van der Waals surface area contributed by atoms with Crippen molar-refractivity contribution < 1.29 is 19.2 Å². The average Bonchev–Trinajstić information content (AvgIpc) is 3.15. The largest absolute Gasteiger partial charge is 0.277 e. The number of likely N-dealkylation sites (tertiary alicyclic amines) is 2. The maximum absolute atomic E-state index is 12.8. The molecule has 2 aliphatic heterocycles. The van der Waals surface area contributed by atoms with Gasteiger partial charge in [-0.2, -0.15) is 0 Å². The van der Waals surface area contributed by atoms with E-state index in [9.17, 15) is 19.2 Å². The van der Waals surface area contributed by atoms with Gasteiger partial charge in [0, 0.05) is 0 Å². The average molecular weight is 433 g/mol. The van der Waals surface area contributed by atoms with Crippen LogP contribution in [0.2, 0.25) is 0 Å². The third-order valence-electron chi connectivity index (χ3n) is 7.47. The first kappa shape index (κ1) is 20.9. The third kappa shape index (κ3) is 3.42. The Bertz CT molecular complexity index is 983. The number of hydrogen-bond acceptors (Lipinski definition) is 4. The maximum atomic E-state index is 12.8. The first-order valence-corrected chi connectivity index (χ1v) is 11.5. The van der Waals surface area contributed by atoms with Crippen LogP contribution in [-0.2, 0) is 32.3 Å². The molecule has 5 rings (SSSR count). The Hall–Kier alpha value is -3.02. The van der Waals surface area contributed by atoms with Gasteiger partial charge in [0.25, 0.3) is 0 Å². The van der Waals surface area contributed by atoms with Crippen molar-refractivity contribution >= 4 is 23.6 Å². The van der Waals surface area contributed by atoms with Crippen molar-refractivity contribution in [2.75, 3.05) is 0 Å². The predicted octanol–water partition coefficient (Wildman–Crippen LogP) is 3.37. The van der Waals surface area contributed by atoms with Crippen molar-refractivity contribution in [3.05, 3.63) is 58.7 Å². The summed E-state index contributed by atoms with van der Waals surface area (Å²) in [5.41, 5.74) is 4.08. The highest BCUT2D eigenvalue weighted by molar-refractivity contribution is 6.06. The van der Waals surface area contributed by atoms with Crippen molar-refractivity contribution in [1.82, 2.24) is 9.80 Å². The van der Waals surface area contributed by atoms with Crippen molar-refractivity contribution in [3.63, 3.8) is 0 Å². The molecule has 0 radical (unpaired) electrons. The van der Waals surface area contributed by atoms with Gasteiger partial charge in [0.15, 0.2) is 0 Å². The number of amides is 4. The van der Waals surface area contributed by atoms with Gasteiger partial charge in [-0.05, 0) is 50.7 Å². The zero-order chi connectivity index (χ0) is 22.6. The molecule has 2 aliphatic carbocycles. The van der Waals surface area contributed by atoms with Gasteiger partial charge in [-0.15, -0.1) is 0 Å². The fraction of sp³-hybridized carbons (Fsp3) is 0.462. The number of carbonyl (C=O) groups excluding carboxylic acids is 4. The first-order valence-electron chi connectivity index (χ1n) is 11.5. The lowest BCUT2D eigenvalue weighted by Gasteiger charge is -2.18. The minimum Gasteiger partial charge on any atom is -0.277 e. The molecule has 1 aromatic carbocycles. The fourth-order valence-electron chi connectivity index (χ4n) is 5.58.